The Labute approximate surface area is 124 Å². The zero-order chi connectivity index (χ0) is 13.9. The molecule has 0 unspecified atom stereocenters. The van der Waals surface area contributed by atoms with Gasteiger partial charge >= 0.3 is 0 Å². The lowest BCUT2D eigenvalue weighted by Gasteiger charge is -2.07. The summed E-state index contributed by atoms with van der Waals surface area (Å²) >= 11 is 3.42. The number of halogens is 1. The molecular weight excluding hydrogens is 320 g/mol. The van der Waals surface area contributed by atoms with Crippen LogP contribution in [0, 0.1) is 0 Å². The lowest BCUT2D eigenvalue weighted by Crippen LogP contribution is -2.04. The molecule has 0 saturated carbocycles. The van der Waals surface area contributed by atoms with Crippen LogP contribution < -0.4 is 10.6 Å². The summed E-state index contributed by atoms with van der Waals surface area (Å²) < 4.78 is 2.93. The van der Waals surface area contributed by atoms with Gasteiger partial charge in [0, 0.05) is 30.5 Å². The van der Waals surface area contributed by atoms with Gasteiger partial charge in [0.05, 0.1) is 0 Å². The van der Waals surface area contributed by atoms with Gasteiger partial charge in [0.1, 0.15) is 0 Å². The number of hydrogen-bond donors (Lipinski definition) is 2. The van der Waals surface area contributed by atoms with E-state index in [0.717, 1.165) is 4.47 Å². The van der Waals surface area contributed by atoms with Crippen molar-refractivity contribution in [1.29, 1.82) is 0 Å². The maximum Gasteiger partial charge on any atom is 0.228 e. The molecule has 102 valence electrons. The number of aromatic nitrogens is 4. The highest BCUT2D eigenvalue weighted by Crippen LogP contribution is 2.16. The molecule has 2 N–H and O–H groups in total. The monoisotopic (exact) mass is 332 g/mol. The summed E-state index contributed by atoms with van der Waals surface area (Å²) in [5.41, 5.74) is 1.87. The first kappa shape index (κ1) is 12.9. The van der Waals surface area contributed by atoms with E-state index < -0.39 is 0 Å². The van der Waals surface area contributed by atoms with Crippen LogP contribution in [0.15, 0.2) is 41.1 Å². The van der Waals surface area contributed by atoms with E-state index in [9.17, 15) is 0 Å². The molecule has 0 atom stereocenters. The third-order valence-corrected chi connectivity index (χ3v) is 3.45. The van der Waals surface area contributed by atoms with E-state index in [0.29, 0.717) is 24.0 Å². The molecule has 0 radical (unpaired) electrons. The summed E-state index contributed by atoms with van der Waals surface area (Å²) in [7, 11) is 1.81. The van der Waals surface area contributed by atoms with Crippen molar-refractivity contribution in [2.75, 3.05) is 17.7 Å². The fourth-order valence-electron chi connectivity index (χ4n) is 1.91. The van der Waals surface area contributed by atoms with Crippen LogP contribution in [0.4, 0.5) is 11.8 Å². The molecule has 3 aromatic rings. The minimum Gasteiger partial charge on any atom is -0.363 e. The van der Waals surface area contributed by atoms with Crippen molar-refractivity contribution in [3.63, 3.8) is 0 Å². The third-order valence-electron chi connectivity index (χ3n) is 2.92. The summed E-state index contributed by atoms with van der Waals surface area (Å²) in [6.07, 6.45) is 3.55. The summed E-state index contributed by atoms with van der Waals surface area (Å²) in [5.74, 6) is 1.40. The molecule has 7 heteroatoms. The van der Waals surface area contributed by atoms with E-state index in [1.807, 2.05) is 29.8 Å². The predicted octanol–water partition coefficient (Wildman–Crippen LogP) is 2.54. The largest absolute Gasteiger partial charge is 0.363 e. The lowest BCUT2D eigenvalue weighted by molar-refractivity contribution is 1.07. The van der Waals surface area contributed by atoms with Crippen LogP contribution in [0.25, 0.3) is 5.65 Å². The van der Waals surface area contributed by atoms with Crippen LogP contribution >= 0.6 is 15.9 Å². The highest BCUT2D eigenvalue weighted by atomic mass is 79.9. The fourth-order valence-corrected chi connectivity index (χ4v) is 2.17. The van der Waals surface area contributed by atoms with Crippen LogP contribution in [-0.2, 0) is 6.54 Å². The van der Waals surface area contributed by atoms with Crippen LogP contribution in [0.3, 0.4) is 0 Å². The van der Waals surface area contributed by atoms with Gasteiger partial charge in [-0.15, -0.1) is 10.2 Å². The van der Waals surface area contributed by atoms with Gasteiger partial charge in [-0.2, -0.15) is 0 Å². The number of benzene rings is 1. The van der Waals surface area contributed by atoms with Crippen molar-refractivity contribution in [2.45, 2.75) is 6.54 Å². The zero-order valence-corrected chi connectivity index (χ0v) is 12.4. The van der Waals surface area contributed by atoms with E-state index >= 15 is 0 Å². The first-order valence-electron chi connectivity index (χ1n) is 6.14. The Morgan fingerprint density at radius 2 is 2.00 bits per heavy atom. The summed E-state index contributed by atoms with van der Waals surface area (Å²) in [6, 6.07) is 8.14. The number of fused-ring (bicyclic) bond motifs is 1. The van der Waals surface area contributed by atoms with Crippen molar-refractivity contribution >= 4 is 33.3 Å². The minimum atomic E-state index is 0.682. The molecule has 2 aromatic heterocycles. The molecule has 0 aliphatic carbocycles. The van der Waals surface area contributed by atoms with Crippen molar-refractivity contribution in [3.05, 3.63) is 46.7 Å². The molecule has 1 aromatic carbocycles. The molecule has 20 heavy (non-hydrogen) atoms. The molecule has 0 amide bonds. The van der Waals surface area contributed by atoms with Crippen LogP contribution in [0.2, 0.25) is 0 Å². The minimum absolute atomic E-state index is 0.682. The summed E-state index contributed by atoms with van der Waals surface area (Å²) in [5, 5.41) is 14.5. The Morgan fingerprint density at radius 3 is 2.75 bits per heavy atom. The lowest BCUT2D eigenvalue weighted by atomic mass is 10.2. The Bertz CT molecular complexity index is 721. The van der Waals surface area contributed by atoms with Gasteiger partial charge in [0.2, 0.25) is 11.6 Å². The summed E-state index contributed by atoms with van der Waals surface area (Å²) in [6.45, 7) is 0.682. The molecule has 0 spiro atoms. The number of nitrogens with one attached hydrogen (secondary N) is 2. The second kappa shape index (κ2) is 5.46. The molecule has 6 nitrogen and oxygen atoms in total. The molecule has 0 aliphatic heterocycles. The average Bonchev–Trinajstić information content (AvgIpc) is 2.90. The van der Waals surface area contributed by atoms with Crippen molar-refractivity contribution in [3.8, 4) is 0 Å². The Hall–Kier alpha value is -2.15. The molecule has 0 bridgehead atoms. The van der Waals surface area contributed by atoms with Crippen molar-refractivity contribution < 1.29 is 0 Å². The second-order valence-electron chi connectivity index (χ2n) is 4.22. The Balaban J connectivity index is 1.84. The summed E-state index contributed by atoms with van der Waals surface area (Å²) in [4.78, 5) is 4.32. The molecule has 0 fully saturated rings. The van der Waals surface area contributed by atoms with Gasteiger partial charge in [-0.1, -0.05) is 28.1 Å². The van der Waals surface area contributed by atoms with Gasteiger partial charge in [-0.25, -0.2) is 4.98 Å². The van der Waals surface area contributed by atoms with E-state index in [-0.39, 0.29) is 0 Å². The van der Waals surface area contributed by atoms with Crippen LogP contribution in [0.5, 0.6) is 0 Å². The van der Waals surface area contributed by atoms with Crippen molar-refractivity contribution in [1.82, 2.24) is 19.6 Å². The highest BCUT2D eigenvalue weighted by Gasteiger charge is 2.08. The normalized spacial score (nSPS) is 10.7. The van der Waals surface area contributed by atoms with E-state index in [2.05, 4.69) is 53.9 Å². The first-order chi connectivity index (χ1) is 9.78. The Morgan fingerprint density at radius 1 is 1.20 bits per heavy atom. The average molecular weight is 333 g/mol. The molecule has 0 saturated heterocycles. The predicted molar refractivity (Wildman–Crippen MR) is 81.8 cm³/mol. The van der Waals surface area contributed by atoms with Gasteiger partial charge in [0.25, 0.3) is 0 Å². The maximum absolute atomic E-state index is 4.32. The van der Waals surface area contributed by atoms with E-state index in [1.165, 1.54) is 5.56 Å². The molecular formula is C13H13BrN6. The third kappa shape index (κ3) is 2.44. The first-order valence-corrected chi connectivity index (χ1v) is 6.93. The maximum atomic E-state index is 4.32. The number of rotatable bonds is 4. The molecule has 2 heterocycles. The topological polar surface area (TPSA) is 67.1 Å². The van der Waals surface area contributed by atoms with Gasteiger partial charge in [-0.3, -0.25) is 4.40 Å². The SMILES string of the molecule is CNc1nnc2c(NCc3ccc(Br)cc3)nccn12. The van der Waals surface area contributed by atoms with E-state index in [1.54, 1.807) is 6.20 Å². The molecule has 0 aliphatic rings. The van der Waals surface area contributed by atoms with E-state index in [4.69, 9.17) is 0 Å². The number of nitrogens with zero attached hydrogens (tertiary/aromatic N) is 4. The standard InChI is InChI=1S/C13H13BrN6/c1-15-13-19-18-12-11(16-6-7-20(12)13)17-8-9-2-4-10(14)5-3-9/h2-7H,8H2,1H3,(H,15,19)(H,16,17). The smallest absolute Gasteiger partial charge is 0.228 e. The van der Waals surface area contributed by atoms with Crippen molar-refractivity contribution in [2.24, 2.45) is 0 Å². The highest BCUT2D eigenvalue weighted by molar-refractivity contribution is 9.10. The zero-order valence-electron chi connectivity index (χ0n) is 10.8. The van der Waals surface area contributed by atoms with Gasteiger partial charge < -0.3 is 10.6 Å². The van der Waals surface area contributed by atoms with Gasteiger partial charge in [0.15, 0.2) is 5.82 Å². The second-order valence-corrected chi connectivity index (χ2v) is 5.14. The van der Waals surface area contributed by atoms with Gasteiger partial charge in [-0.05, 0) is 17.7 Å². The quantitative estimate of drug-likeness (QED) is 0.768. The molecule has 3 rings (SSSR count). The van der Waals surface area contributed by atoms with Crippen LogP contribution in [-0.4, -0.2) is 26.6 Å². The Kier molecular flexibility index (Phi) is 3.51. The number of anilines is 2. The number of hydrogen-bond acceptors (Lipinski definition) is 5. The van der Waals surface area contributed by atoms with Crippen LogP contribution in [0.1, 0.15) is 5.56 Å². The fraction of sp³-hybridized carbons (Fsp3) is 0.154.